The summed E-state index contributed by atoms with van der Waals surface area (Å²) in [5.41, 5.74) is 0. The largest absolute Gasteiger partial charge is 0.481 e. The topological polar surface area (TPSA) is 145 Å². The molecule has 1 fully saturated rings. The second-order valence-electron chi connectivity index (χ2n) is 4.61. The average molecular weight is 287 g/mol. The van der Waals surface area contributed by atoms with E-state index >= 15 is 0 Å². The van der Waals surface area contributed by atoms with Crippen LogP contribution in [0.3, 0.4) is 0 Å². The van der Waals surface area contributed by atoms with E-state index in [-0.39, 0.29) is 11.9 Å². The number of carbonyl (C=O) groups is 4. The third-order valence-electron chi connectivity index (χ3n) is 2.65. The molecule has 0 radical (unpaired) electrons. The first-order valence-electron chi connectivity index (χ1n) is 6.11. The predicted molar refractivity (Wildman–Crippen MR) is 66.0 cm³/mol. The van der Waals surface area contributed by atoms with Crippen LogP contribution in [0.4, 0.5) is 4.79 Å². The van der Waals surface area contributed by atoms with Gasteiger partial charge in [0.2, 0.25) is 5.91 Å². The molecule has 112 valence electrons. The number of carbonyl (C=O) groups excluding carboxylic acids is 2. The summed E-state index contributed by atoms with van der Waals surface area (Å²) >= 11 is 0. The summed E-state index contributed by atoms with van der Waals surface area (Å²) in [4.78, 5) is 44.3. The second-order valence-corrected chi connectivity index (χ2v) is 4.61. The molecule has 1 aliphatic carbocycles. The maximum absolute atomic E-state index is 11.6. The van der Waals surface area contributed by atoms with Crippen molar-refractivity contribution >= 4 is 23.9 Å². The Bertz CT molecular complexity index is 420. The highest BCUT2D eigenvalue weighted by atomic mass is 16.4. The quantitative estimate of drug-likeness (QED) is 0.401. The summed E-state index contributed by atoms with van der Waals surface area (Å²) in [6, 6.07) is -3.15. The molecule has 0 aromatic heterocycles. The molecule has 3 amide bonds. The van der Waals surface area contributed by atoms with Gasteiger partial charge in [0.1, 0.15) is 12.1 Å². The van der Waals surface area contributed by atoms with Crippen molar-refractivity contribution in [3.63, 3.8) is 0 Å². The lowest BCUT2D eigenvalue weighted by molar-refractivity contribution is -0.145. The molecular formula is C11H17N3O6. The Kier molecular flexibility index (Phi) is 5.30. The first kappa shape index (κ1) is 15.7. The molecule has 0 saturated heterocycles. The van der Waals surface area contributed by atoms with Gasteiger partial charge >= 0.3 is 18.0 Å². The van der Waals surface area contributed by atoms with Crippen LogP contribution in [0.1, 0.15) is 26.2 Å². The normalized spacial score (nSPS) is 16.6. The number of nitrogens with one attached hydrogen (secondary N) is 3. The van der Waals surface area contributed by atoms with E-state index in [1.807, 2.05) is 5.32 Å². The highest BCUT2D eigenvalue weighted by molar-refractivity contribution is 5.89. The van der Waals surface area contributed by atoms with Crippen LogP contribution in [0.2, 0.25) is 0 Å². The number of amides is 3. The van der Waals surface area contributed by atoms with Crippen LogP contribution < -0.4 is 16.0 Å². The van der Waals surface area contributed by atoms with Crippen LogP contribution in [-0.4, -0.2) is 52.2 Å². The van der Waals surface area contributed by atoms with Gasteiger partial charge in [-0.3, -0.25) is 9.59 Å². The molecule has 1 rings (SSSR count). The molecule has 0 bridgehead atoms. The Morgan fingerprint density at radius 2 is 1.75 bits per heavy atom. The van der Waals surface area contributed by atoms with Crippen molar-refractivity contribution in [3.8, 4) is 0 Å². The van der Waals surface area contributed by atoms with E-state index in [1.165, 1.54) is 6.92 Å². The molecule has 1 aliphatic rings. The minimum atomic E-state index is -1.55. The Labute approximate surface area is 114 Å². The molecule has 9 heteroatoms. The summed E-state index contributed by atoms with van der Waals surface area (Å²) in [7, 11) is 0. The van der Waals surface area contributed by atoms with Gasteiger partial charge in [0.05, 0.1) is 6.42 Å². The fourth-order valence-electron chi connectivity index (χ4n) is 1.39. The van der Waals surface area contributed by atoms with Crippen molar-refractivity contribution in [1.82, 2.24) is 16.0 Å². The zero-order valence-corrected chi connectivity index (χ0v) is 10.9. The standard InChI is InChI=1S/C11H17N3O6/c1-5(9(17)13-6-2-3-6)12-11(20)14-7(10(18)19)4-8(15)16/h5-7H,2-4H2,1H3,(H,13,17)(H,15,16)(H,18,19)(H2,12,14,20). The van der Waals surface area contributed by atoms with Crippen LogP contribution >= 0.6 is 0 Å². The lowest BCUT2D eigenvalue weighted by Gasteiger charge is -2.17. The molecule has 1 saturated carbocycles. The summed E-state index contributed by atoms with van der Waals surface area (Å²) in [6.45, 7) is 1.45. The van der Waals surface area contributed by atoms with E-state index in [9.17, 15) is 19.2 Å². The smallest absolute Gasteiger partial charge is 0.326 e. The fourth-order valence-corrected chi connectivity index (χ4v) is 1.39. The summed E-state index contributed by atoms with van der Waals surface area (Å²) in [5.74, 6) is -3.18. The molecule has 0 aromatic carbocycles. The molecule has 9 nitrogen and oxygen atoms in total. The second kappa shape index (κ2) is 6.73. The van der Waals surface area contributed by atoms with Crippen molar-refractivity contribution in [2.75, 3.05) is 0 Å². The van der Waals surface area contributed by atoms with Gasteiger partial charge in [-0.05, 0) is 19.8 Å². The number of carboxylic acids is 2. The minimum absolute atomic E-state index is 0.147. The maximum Gasteiger partial charge on any atom is 0.326 e. The Balaban J connectivity index is 2.41. The number of carboxylic acid groups (broad SMARTS) is 2. The van der Waals surface area contributed by atoms with Crippen LogP contribution in [0, 0.1) is 0 Å². The van der Waals surface area contributed by atoms with E-state index in [0.717, 1.165) is 12.8 Å². The van der Waals surface area contributed by atoms with Gasteiger partial charge in [0.25, 0.3) is 0 Å². The molecule has 2 atom stereocenters. The minimum Gasteiger partial charge on any atom is -0.481 e. The summed E-state index contributed by atoms with van der Waals surface area (Å²) in [5, 5.41) is 24.2. The number of hydrogen-bond donors (Lipinski definition) is 5. The van der Waals surface area contributed by atoms with E-state index in [1.54, 1.807) is 0 Å². The number of aliphatic carboxylic acids is 2. The van der Waals surface area contributed by atoms with Crippen LogP contribution in [0.25, 0.3) is 0 Å². The van der Waals surface area contributed by atoms with Gasteiger partial charge in [-0.2, -0.15) is 0 Å². The lowest BCUT2D eigenvalue weighted by atomic mass is 10.2. The van der Waals surface area contributed by atoms with E-state index in [2.05, 4.69) is 10.6 Å². The highest BCUT2D eigenvalue weighted by Crippen LogP contribution is 2.18. The SMILES string of the molecule is CC(NC(=O)NC(CC(=O)O)C(=O)O)C(=O)NC1CC1. The third kappa shape index (κ3) is 5.55. The molecule has 0 spiro atoms. The van der Waals surface area contributed by atoms with Gasteiger partial charge in [0, 0.05) is 6.04 Å². The summed E-state index contributed by atoms with van der Waals surface area (Å²) in [6.07, 6.45) is 1.07. The van der Waals surface area contributed by atoms with Gasteiger partial charge in [-0.15, -0.1) is 0 Å². The Morgan fingerprint density at radius 1 is 1.15 bits per heavy atom. The number of rotatable bonds is 7. The first-order valence-corrected chi connectivity index (χ1v) is 6.11. The van der Waals surface area contributed by atoms with Gasteiger partial charge in [-0.25, -0.2) is 9.59 Å². The molecule has 0 aromatic rings. The van der Waals surface area contributed by atoms with E-state index in [0.29, 0.717) is 0 Å². The van der Waals surface area contributed by atoms with Crippen molar-refractivity contribution in [1.29, 1.82) is 0 Å². The van der Waals surface area contributed by atoms with Crippen molar-refractivity contribution in [2.24, 2.45) is 0 Å². The zero-order valence-electron chi connectivity index (χ0n) is 10.9. The highest BCUT2D eigenvalue weighted by Gasteiger charge is 2.27. The zero-order chi connectivity index (χ0) is 15.3. The predicted octanol–water partition coefficient (Wildman–Crippen LogP) is -1.12. The van der Waals surface area contributed by atoms with Crippen molar-refractivity contribution < 1.29 is 29.4 Å². The summed E-state index contributed by atoms with van der Waals surface area (Å²) < 4.78 is 0. The molecule has 0 heterocycles. The maximum atomic E-state index is 11.6. The molecule has 20 heavy (non-hydrogen) atoms. The molecular weight excluding hydrogens is 270 g/mol. The number of urea groups is 1. The molecule has 0 aliphatic heterocycles. The molecule has 2 unspecified atom stereocenters. The lowest BCUT2D eigenvalue weighted by Crippen LogP contribution is -2.52. The van der Waals surface area contributed by atoms with Gasteiger partial charge in [0.15, 0.2) is 0 Å². The third-order valence-corrected chi connectivity index (χ3v) is 2.65. The van der Waals surface area contributed by atoms with E-state index in [4.69, 9.17) is 10.2 Å². The Hall–Kier alpha value is -2.32. The van der Waals surface area contributed by atoms with Crippen LogP contribution in [0.15, 0.2) is 0 Å². The van der Waals surface area contributed by atoms with Crippen LogP contribution in [-0.2, 0) is 14.4 Å². The van der Waals surface area contributed by atoms with Crippen molar-refractivity contribution in [3.05, 3.63) is 0 Å². The van der Waals surface area contributed by atoms with Gasteiger partial charge in [-0.1, -0.05) is 0 Å². The van der Waals surface area contributed by atoms with Crippen molar-refractivity contribution in [2.45, 2.75) is 44.3 Å². The average Bonchev–Trinajstić information content (AvgIpc) is 3.10. The van der Waals surface area contributed by atoms with Gasteiger partial charge < -0.3 is 26.2 Å². The fraction of sp³-hybridized carbons (Fsp3) is 0.636. The first-order chi connectivity index (χ1) is 9.29. The van der Waals surface area contributed by atoms with E-state index < -0.39 is 36.5 Å². The molecule has 5 N–H and O–H groups in total. The monoisotopic (exact) mass is 287 g/mol. The Morgan fingerprint density at radius 3 is 2.20 bits per heavy atom. The number of hydrogen-bond acceptors (Lipinski definition) is 4. The van der Waals surface area contributed by atoms with Crippen LogP contribution in [0.5, 0.6) is 0 Å².